The Hall–Kier alpha value is -0.480. The molecule has 100 valence electrons. The smallest absolute Gasteiger partial charge is 0.255 e. The molecule has 0 aromatic heterocycles. The number of halogens is 3. The van der Waals surface area contributed by atoms with E-state index in [9.17, 15) is 4.79 Å². The highest BCUT2D eigenvalue weighted by Gasteiger charge is 2.23. The molecule has 1 aliphatic heterocycles. The number of piperidine rings is 1. The van der Waals surface area contributed by atoms with E-state index >= 15 is 0 Å². The molecule has 0 radical (unpaired) electrons. The van der Waals surface area contributed by atoms with Crippen molar-refractivity contribution >= 4 is 41.5 Å². The number of carbonyl (C=O) groups is 1. The summed E-state index contributed by atoms with van der Waals surface area (Å²) in [5.74, 6) is -0.0654. The van der Waals surface area contributed by atoms with Crippen LogP contribution in [-0.2, 0) is 0 Å². The van der Waals surface area contributed by atoms with Crippen LogP contribution < -0.4 is 5.73 Å². The molecule has 0 unspecified atom stereocenters. The predicted molar refractivity (Wildman–Crippen MR) is 76.8 cm³/mol. The Kier molecular flexibility index (Phi) is 5.73. The molecule has 1 aliphatic rings. The Balaban J connectivity index is 0.00000162. The SMILES string of the molecule is Cl.NC1CCN(C(=O)c2cccc(Cl)c2Cl)CC1. The second-order valence-electron chi connectivity index (χ2n) is 4.23. The van der Waals surface area contributed by atoms with Gasteiger partial charge in [-0.1, -0.05) is 29.3 Å². The third-order valence-electron chi connectivity index (χ3n) is 3.01. The molecule has 1 aromatic rings. The number of amides is 1. The van der Waals surface area contributed by atoms with Crippen LogP contribution in [0.2, 0.25) is 10.0 Å². The van der Waals surface area contributed by atoms with Gasteiger partial charge in [0.2, 0.25) is 0 Å². The van der Waals surface area contributed by atoms with Gasteiger partial charge in [0.1, 0.15) is 0 Å². The van der Waals surface area contributed by atoms with E-state index in [1.54, 1.807) is 23.1 Å². The molecule has 0 atom stereocenters. The predicted octanol–water partition coefficient (Wildman–Crippen LogP) is 2.98. The average Bonchev–Trinajstić information content (AvgIpc) is 2.33. The Bertz CT molecular complexity index is 431. The molecule has 0 aliphatic carbocycles. The van der Waals surface area contributed by atoms with Gasteiger partial charge in [-0.2, -0.15) is 0 Å². The minimum atomic E-state index is -0.0654. The van der Waals surface area contributed by atoms with Crippen molar-refractivity contribution in [3.05, 3.63) is 33.8 Å². The quantitative estimate of drug-likeness (QED) is 0.867. The maximum Gasteiger partial charge on any atom is 0.255 e. The van der Waals surface area contributed by atoms with Crippen LogP contribution >= 0.6 is 35.6 Å². The van der Waals surface area contributed by atoms with Gasteiger partial charge in [-0.05, 0) is 25.0 Å². The first kappa shape index (κ1) is 15.6. The highest BCUT2D eigenvalue weighted by atomic mass is 35.5. The fourth-order valence-corrected chi connectivity index (χ4v) is 2.32. The van der Waals surface area contributed by atoms with Gasteiger partial charge < -0.3 is 10.6 Å². The van der Waals surface area contributed by atoms with Crippen LogP contribution in [0.5, 0.6) is 0 Å². The van der Waals surface area contributed by atoms with Gasteiger partial charge in [0.25, 0.3) is 5.91 Å². The molecule has 3 nitrogen and oxygen atoms in total. The van der Waals surface area contributed by atoms with Crippen LogP contribution in [-0.4, -0.2) is 29.9 Å². The normalized spacial score (nSPS) is 16.3. The third-order valence-corrected chi connectivity index (χ3v) is 3.83. The molecule has 1 aromatic carbocycles. The summed E-state index contributed by atoms with van der Waals surface area (Å²) in [6.45, 7) is 1.37. The highest BCUT2D eigenvalue weighted by Crippen LogP contribution is 2.27. The molecule has 0 saturated carbocycles. The van der Waals surface area contributed by atoms with Crippen LogP contribution in [0.1, 0.15) is 23.2 Å². The van der Waals surface area contributed by atoms with Crippen LogP contribution in [0.15, 0.2) is 18.2 Å². The molecule has 0 spiro atoms. The van der Waals surface area contributed by atoms with E-state index in [4.69, 9.17) is 28.9 Å². The summed E-state index contributed by atoms with van der Waals surface area (Å²) in [4.78, 5) is 14.0. The topological polar surface area (TPSA) is 46.3 Å². The number of hydrogen-bond donors (Lipinski definition) is 1. The largest absolute Gasteiger partial charge is 0.338 e. The molecule has 1 heterocycles. The van der Waals surface area contributed by atoms with Crippen molar-refractivity contribution in [2.24, 2.45) is 5.73 Å². The Morgan fingerprint density at radius 2 is 1.89 bits per heavy atom. The van der Waals surface area contributed by atoms with Crippen molar-refractivity contribution in [1.29, 1.82) is 0 Å². The van der Waals surface area contributed by atoms with Gasteiger partial charge in [-0.25, -0.2) is 0 Å². The second-order valence-corrected chi connectivity index (χ2v) is 5.02. The molecular formula is C12H15Cl3N2O. The van der Waals surface area contributed by atoms with Crippen molar-refractivity contribution in [2.45, 2.75) is 18.9 Å². The summed E-state index contributed by atoms with van der Waals surface area (Å²) in [5, 5.41) is 0.736. The Morgan fingerprint density at radius 1 is 1.28 bits per heavy atom. The number of nitrogens with zero attached hydrogens (tertiary/aromatic N) is 1. The second kappa shape index (κ2) is 6.62. The number of carbonyl (C=O) groups excluding carboxylic acids is 1. The number of benzene rings is 1. The molecule has 0 bridgehead atoms. The first-order valence-electron chi connectivity index (χ1n) is 5.58. The minimum Gasteiger partial charge on any atom is -0.338 e. The number of nitrogens with two attached hydrogens (primary N) is 1. The molecule has 1 fully saturated rings. The van der Waals surface area contributed by atoms with Crippen molar-refractivity contribution < 1.29 is 4.79 Å². The van der Waals surface area contributed by atoms with E-state index < -0.39 is 0 Å². The summed E-state index contributed by atoms with van der Waals surface area (Å²) in [6, 6.07) is 5.31. The summed E-state index contributed by atoms with van der Waals surface area (Å²) < 4.78 is 0. The fourth-order valence-electron chi connectivity index (χ4n) is 1.94. The summed E-state index contributed by atoms with van der Waals surface area (Å²) >= 11 is 11.9. The minimum absolute atomic E-state index is 0. The molecule has 2 N–H and O–H groups in total. The average molecular weight is 310 g/mol. The third kappa shape index (κ3) is 3.29. The van der Waals surface area contributed by atoms with E-state index in [0.717, 1.165) is 12.8 Å². The lowest BCUT2D eigenvalue weighted by Crippen LogP contribution is -2.42. The van der Waals surface area contributed by atoms with Gasteiger partial charge in [0, 0.05) is 19.1 Å². The Labute approximate surface area is 123 Å². The zero-order valence-corrected chi connectivity index (χ0v) is 12.1. The summed E-state index contributed by atoms with van der Waals surface area (Å²) in [7, 11) is 0. The number of likely N-dealkylation sites (tertiary alicyclic amines) is 1. The van der Waals surface area contributed by atoms with Crippen molar-refractivity contribution in [3.8, 4) is 0 Å². The molecular weight excluding hydrogens is 295 g/mol. The molecule has 2 rings (SSSR count). The maximum absolute atomic E-state index is 12.2. The Morgan fingerprint density at radius 3 is 2.50 bits per heavy atom. The van der Waals surface area contributed by atoms with E-state index in [0.29, 0.717) is 28.7 Å². The van der Waals surface area contributed by atoms with Crippen LogP contribution in [0.25, 0.3) is 0 Å². The number of rotatable bonds is 1. The standard InChI is InChI=1S/C12H14Cl2N2O.ClH/c13-10-3-1-2-9(11(10)14)12(17)16-6-4-8(15)5-7-16;/h1-3,8H,4-7,15H2;1H. The van der Waals surface area contributed by atoms with Crippen LogP contribution in [0.4, 0.5) is 0 Å². The van der Waals surface area contributed by atoms with Crippen LogP contribution in [0, 0.1) is 0 Å². The highest BCUT2D eigenvalue weighted by molar-refractivity contribution is 6.43. The molecule has 1 saturated heterocycles. The van der Waals surface area contributed by atoms with E-state index in [2.05, 4.69) is 0 Å². The van der Waals surface area contributed by atoms with Gasteiger partial charge >= 0.3 is 0 Å². The van der Waals surface area contributed by atoms with Crippen molar-refractivity contribution in [2.75, 3.05) is 13.1 Å². The molecule has 1 amide bonds. The van der Waals surface area contributed by atoms with Crippen LogP contribution in [0.3, 0.4) is 0 Å². The van der Waals surface area contributed by atoms with E-state index in [1.165, 1.54) is 0 Å². The van der Waals surface area contributed by atoms with Gasteiger partial charge in [-0.3, -0.25) is 4.79 Å². The monoisotopic (exact) mass is 308 g/mol. The maximum atomic E-state index is 12.2. The zero-order valence-electron chi connectivity index (χ0n) is 9.73. The molecule has 6 heteroatoms. The first-order valence-corrected chi connectivity index (χ1v) is 6.34. The lowest BCUT2D eigenvalue weighted by molar-refractivity contribution is 0.0715. The lowest BCUT2D eigenvalue weighted by Gasteiger charge is -2.30. The first-order chi connectivity index (χ1) is 8.09. The van der Waals surface area contributed by atoms with E-state index in [-0.39, 0.29) is 24.4 Å². The van der Waals surface area contributed by atoms with Crippen molar-refractivity contribution in [3.63, 3.8) is 0 Å². The van der Waals surface area contributed by atoms with E-state index in [1.807, 2.05) is 0 Å². The van der Waals surface area contributed by atoms with Crippen molar-refractivity contribution in [1.82, 2.24) is 4.90 Å². The lowest BCUT2D eigenvalue weighted by atomic mass is 10.0. The number of hydrogen-bond acceptors (Lipinski definition) is 2. The van der Waals surface area contributed by atoms with Gasteiger partial charge in [0.05, 0.1) is 15.6 Å². The summed E-state index contributed by atoms with van der Waals surface area (Å²) in [5.41, 5.74) is 6.27. The summed E-state index contributed by atoms with van der Waals surface area (Å²) in [6.07, 6.45) is 1.67. The fraction of sp³-hybridized carbons (Fsp3) is 0.417. The molecule has 18 heavy (non-hydrogen) atoms. The van der Waals surface area contributed by atoms with Gasteiger partial charge in [-0.15, -0.1) is 12.4 Å². The zero-order chi connectivity index (χ0) is 12.4. The van der Waals surface area contributed by atoms with Gasteiger partial charge in [0.15, 0.2) is 0 Å².